The molecule has 0 spiro atoms. The zero-order valence-corrected chi connectivity index (χ0v) is 30.3. The lowest BCUT2D eigenvalue weighted by Gasteiger charge is -2.11. The zero-order valence-electron chi connectivity index (χ0n) is 27.3. The maximum Gasteiger partial charge on any atom is 0.143 e. The van der Waals surface area contributed by atoms with Crippen molar-refractivity contribution in [1.29, 1.82) is 0 Å². The Hall–Kier alpha value is 0.960. The summed E-state index contributed by atoms with van der Waals surface area (Å²) in [6.45, 7) is 4.60. The van der Waals surface area contributed by atoms with E-state index in [0.29, 0.717) is 0 Å². The van der Waals surface area contributed by atoms with Crippen LogP contribution in [0.25, 0.3) is 0 Å². The molecule has 0 aliphatic carbocycles. The van der Waals surface area contributed by atoms with Crippen molar-refractivity contribution in [3.05, 3.63) is 0 Å². The largest absolute Gasteiger partial charge is 0.313 e. The van der Waals surface area contributed by atoms with E-state index in [1.807, 2.05) is 0 Å². The Labute approximate surface area is 261 Å². The molecule has 3 heteroatoms. The molecule has 0 heterocycles. The summed E-state index contributed by atoms with van der Waals surface area (Å²) in [6.07, 6.45) is 47.0. The number of halogens is 1. The summed E-state index contributed by atoms with van der Waals surface area (Å²) in [5.74, 6) is 0. The van der Waals surface area contributed by atoms with Gasteiger partial charge >= 0.3 is 0 Å². The van der Waals surface area contributed by atoms with Gasteiger partial charge in [0.1, 0.15) is 4.78 Å². The topological polar surface area (TPSA) is 17.1 Å². The summed E-state index contributed by atoms with van der Waals surface area (Å²) < 4.78 is 12.9. The lowest BCUT2D eigenvalue weighted by molar-refractivity contribution is 0.530. The van der Waals surface area contributed by atoms with E-state index in [1.54, 1.807) is 0 Å². The van der Waals surface area contributed by atoms with E-state index in [9.17, 15) is 4.57 Å². The molecular formula is C36H74IOP. The lowest BCUT2D eigenvalue weighted by Crippen LogP contribution is -1.92. The second kappa shape index (κ2) is 33.5. The fraction of sp³-hybridized carbons (Fsp3) is 1.00. The van der Waals surface area contributed by atoms with Gasteiger partial charge in [-0.25, -0.2) is 0 Å². The molecule has 1 nitrogen and oxygen atoms in total. The van der Waals surface area contributed by atoms with Gasteiger partial charge in [-0.2, -0.15) is 0 Å². The number of unbranched alkanes of at least 4 members (excludes halogenated alkanes) is 30. The van der Waals surface area contributed by atoms with Gasteiger partial charge in [-0.05, 0) is 34.9 Å². The van der Waals surface area contributed by atoms with Gasteiger partial charge in [0, 0.05) is 12.3 Å². The first-order valence-electron chi connectivity index (χ1n) is 18.4. The van der Waals surface area contributed by atoms with Crippen molar-refractivity contribution in [1.82, 2.24) is 0 Å². The molecule has 39 heavy (non-hydrogen) atoms. The average Bonchev–Trinajstić information content (AvgIpc) is 2.92. The minimum absolute atomic E-state index is 0.991. The van der Waals surface area contributed by atoms with E-state index in [0.717, 1.165) is 12.3 Å². The van der Waals surface area contributed by atoms with Gasteiger partial charge in [0.2, 0.25) is 0 Å². The predicted molar refractivity (Wildman–Crippen MR) is 190 cm³/mol. The van der Waals surface area contributed by atoms with Gasteiger partial charge in [-0.3, -0.25) is 0 Å². The van der Waals surface area contributed by atoms with Gasteiger partial charge < -0.3 is 4.57 Å². The maximum absolute atomic E-state index is 12.9. The molecule has 0 N–H and O–H groups in total. The highest BCUT2D eigenvalue weighted by Gasteiger charge is 2.16. The van der Waals surface area contributed by atoms with Crippen LogP contribution in [0, 0.1) is 0 Å². The van der Waals surface area contributed by atoms with Crippen LogP contribution in [-0.4, -0.2) is 12.3 Å². The lowest BCUT2D eigenvalue weighted by atomic mass is 10.0. The molecule has 0 aromatic carbocycles. The van der Waals surface area contributed by atoms with Crippen LogP contribution in [0.1, 0.15) is 219 Å². The molecular weight excluding hydrogens is 606 g/mol. The van der Waals surface area contributed by atoms with Crippen molar-refractivity contribution in [3.8, 4) is 0 Å². The Kier molecular flexibility index (Phi) is 34.3. The summed E-state index contributed by atoms with van der Waals surface area (Å²) >= 11 is 2.33. The fourth-order valence-electron chi connectivity index (χ4n) is 5.90. The first kappa shape index (κ1) is 40.0. The molecule has 0 aromatic rings. The van der Waals surface area contributed by atoms with Crippen LogP contribution in [-0.2, 0) is 4.57 Å². The number of hydrogen-bond acceptors (Lipinski definition) is 1. The summed E-state index contributed by atoms with van der Waals surface area (Å²) in [5, 5.41) is 0. The molecule has 0 radical (unpaired) electrons. The highest BCUT2D eigenvalue weighted by molar-refractivity contribution is 14.2. The third kappa shape index (κ3) is 35.1. The quantitative estimate of drug-likeness (QED) is 0.0376. The minimum atomic E-state index is -1.90. The van der Waals surface area contributed by atoms with Gasteiger partial charge in [0.25, 0.3) is 0 Å². The molecule has 0 bridgehead atoms. The van der Waals surface area contributed by atoms with Crippen molar-refractivity contribution in [2.24, 2.45) is 0 Å². The molecule has 0 aromatic heterocycles. The van der Waals surface area contributed by atoms with Gasteiger partial charge in [0.15, 0.2) is 0 Å². The summed E-state index contributed by atoms with van der Waals surface area (Å²) in [6, 6.07) is 0. The Morgan fingerprint density at radius 2 is 0.462 bits per heavy atom. The first-order valence-corrected chi connectivity index (χ1v) is 23.3. The van der Waals surface area contributed by atoms with Crippen molar-refractivity contribution in [2.45, 2.75) is 219 Å². The van der Waals surface area contributed by atoms with Crippen LogP contribution in [0.3, 0.4) is 0 Å². The number of rotatable bonds is 34. The van der Waals surface area contributed by atoms with E-state index in [1.165, 1.54) is 205 Å². The SMILES string of the molecule is CCCCCCCCCCCCCCCCCCP(=O)(I)CCCCCCCCCCCCCCCCCC. The molecule has 0 saturated carbocycles. The molecule has 236 valence electrons. The van der Waals surface area contributed by atoms with E-state index >= 15 is 0 Å². The molecule has 0 aliphatic rings. The fourth-order valence-corrected chi connectivity index (χ4v) is 9.57. The highest BCUT2D eigenvalue weighted by Crippen LogP contribution is 2.55. The minimum Gasteiger partial charge on any atom is -0.313 e. The molecule has 0 saturated heterocycles. The third-order valence-electron chi connectivity index (χ3n) is 8.69. The monoisotopic (exact) mass is 680 g/mol. The van der Waals surface area contributed by atoms with E-state index in [4.69, 9.17) is 0 Å². The van der Waals surface area contributed by atoms with Crippen LogP contribution in [0.5, 0.6) is 0 Å². The number of hydrogen-bond donors (Lipinski definition) is 0. The van der Waals surface area contributed by atoms with Gasteiger partial charge in [-0.1, -0.05) is 206 Å². The van der Waals surface area contributed by atoms with Crippen LogP contribution >= 0.6 is 26.8 Å². The maximum atomic E-state index is 12.9. The molecule has 0 aliphatic heterocycles. The Morgan fingerprint density at radius 1 is 0.308 bits per heavy atom. The Bertz CT molecular complexity index is 454. The summed E-state index contributed by atoms with van der Waals surface area (Å²) in [7, 11) is 0. The van der Waals surface area contributed by atoms with Crippen LogP contribution in [0.4, 0.5) is 0 Å². The van der Waals surface area contributed by atoms with Crippen LogP contribution in [0.15, 0.2) is 0 Å². The Balaban J connectivity index is 3.27. The third-order valence-corrected chi connectivity index (χ3v) is 13.6. The summed E-state index contributed by atoms with van der Waals surface area (Å²) in [4.78, 5) is -1.90. The summed E-state index contributed by atoms with van der Waals surface area (Å²) in [5.41, 5.74) is 0. The van der Waals surface area contributed by atoms with Gasteiger partial charge in [-0.15, -0.1) is 0 Å². The normalized spacial score (nSPS) is 12.0. The smallest absolute Gasteiger partial charge is 0.143 e. The second-order valence-electron chi connectivity index (χ2n) is 12.8. The standard InChI is InChI=1S/C36H74IOP/c1-3-5-7-9-11-13-15-17-19-21-23-25-27-29-31-33-35-39(37,38)36-34-32-30-28-26-24-22-20-18-16-14-12-10-8-6-4-2/h3-36H2,1-2H3. The van der Waals surface area contributed by atoms with E-state index in [-0.39, 0.29) is 0 Å². The van der Waals surface area contributed by atoms with Crippen molar-refractivity contribution < 1.29 is 4.57 Å². The molecule has 0 atom stereocenters. The molecule has 0 amide bonds. The Morgan fingerprint density at radius 3 is 0.641 bits per heavy atom. The molecule has 0 unspecified atom stereocenters. The van der Waals surface area contributed by atoms with Crippen LogP contribution < -0.4 is 0 Å². The average molecular weight is 681 g/mol. The second-order valence-corrected chi connectivity index (χ2v) is 20.6. The highest BCUT2D eigenvalue weighted by atomic mass is 127. The van der Waals surface area contributed by atoms with Crippen molar-refractivity contribution >= 4 is 26.8 Å². The van der Waals surface area contributed by atoms with E-state index < -0.39 is 4.78 Å². The van der Waals surface area contributed by atoms with Crippen molar-refractivity contribution in [3.63, 3.8) is 0 Å². The van der Waals surface area contributed by atoms with Crippen LogP contribution in [0.2, 0.25) is 0 Å². The van der Waals surface area contributed by atoms with Crippen molar-refractivity contribution in [2.75, 3.05) is 12.3 Å². The predicted octanol–water partition coefficient (Wildman–Crippen LogP) is 15.2. The van der Waals surface area contributed by atoms with Gasteiger partial charge in [0.05, 0.1) is 0 Å². The first-order chi connectivity index (χ1) is 19.1. The zero-order chi connectivity index (χ0) is 28.5. The van der Waals surface area contributed by atoms with E-state index in [2.05, 4.69) is 35.9 Å². The molecule has 0 rings (SSSR count). The molecule has 0 fully saturated rings.